The standard InChI is InChI=1S/C10H15N3/c1-3-9-6-8-4-5-13(2)7-10(8)12-11-9/h6H,3-5,7H2,1-2H3. The van der Waals surface area contributed by atoms with E-state index in [4.69, 9.17) is 0 Å². The number of fused-ring (bicyclic) bond motifs is 1. The quantitative estimate of drug-likeness (QED) is 0.641. The molecule has 0 aliphatic carbocycles. The van der Waals surface area contributed by atoms with Crippen molar-refractivity contribution in [3.8, 4) is 0 Å². The second kappa shape index (κ2) is 3.42. The molecule has 13 heavy (non-hydrogen) atoms. The van der Waals surface area contributed by atoms with Crippen LogP contribution >= 0.6 is 0 Å². The number of aromatic nitrogens is 2. The lowest BCUT2D eigenvalue weighted by atomic mass is 10.1. The third-order valence-electron chi connectivity index (χ3n) is 2.56. The van der Waals surface area contributed by atoms with Gasteiger partial charge < -0.3 is 4.90 Å². The van der Waals surface area contributed by atoms with Crippen LogP contribution in [0.15, 0.2) is 6.07 Å². The maximum atomic E-state index is 4.25. The first-order chi connectivity index (χ1) is 6.29. The Morgan fingerprint density at radius 1 is 1.46 bits per heavy atom. The van der Waals surface area contributed by atoms with Crippen LogP contribution in [0, 0.1) is 0 Å². The summed E-state index contributed by atoms with van der Waals surface area (Å²) in [7, 11) is 2.12. The summed E-state index contributed by atoms with van der Waals surface area (Å²) in [6.45, 7) is 4.21. The van der Waals surface area contributed by atoms with Crippen LogP contribution in [0.5, 0.6) is 0 Å². The molecule has 0 aromatic carbocycles. The molecule has 0 atom stereocenters. The van der Waals surface area contributed by atoms with E-state index in [1.807, 2.05) is 0 Å². The lowest BCUT2D eigenvalue weighted by molar-refractivity contribution is 0.305. The van der Waals surface area contributed by atoms with Gasteiger partial charge in [0.25, 0.3) is 0 Å². The minimum absolute atomic E-state index is 0.951. The fourth-order valence-corrected chi connectivity index (χ4v) is 1.67. The van der Waals surface area contributed by atoms with Crippen molar-refractivity contribution in [3.05, 3.63) is 23.0 Å². The van der Waals surface area contributed by atoms with Gasteiger partial charge in [0.2, 0.25) is 0 Å². The Labute approximate surface area is 78.8 Å². The van der Waals surface area contributed by atoms with E-state index in [1.54, 1.807) is 0 Å². The van der Waals surface area contributed by atoms with Crippen LogP contribution in [0.1, 0.15) is 23.9 Å². The molecule has 3 nitrogen and oxygen atoms in total. The van der Waals surface area contributed by atoms with E-state index in [0.717, 1.165) is 37.3 Å². The van der Waals surface area contributed by atoms with Crippen molar-refractivity contribution in [3.63, 3.8) is 0 Å². The van der Waals surface area contributed by atoms with Crippen molar-refractivity contribution in [2.24, 2.45) is 0 Å². The number of aryl methyl sites for hydroxylation is 1. The SMILES string of the molecule is CCc1cc2c(nn1)CN(C)CC2. The lowest BCUT2D eigenvalue weighted by Gasteiger charge is -2.23. The smallest absolute Gasteiger partial charge is 0.0803 e. The van der Waals surface area contributed by atoms with Gasteiger partial charge in [0.05, 0.1) is 11.4 Å². The molecule has 0 fully saturated rings. The molecule has 1 aromatic rings. The van der Waals surface area contributed by atoms with Gasteiger partial charge in [-0.05, 0) is 31.5 Å². The van der Waals surface area contributed by atoms with Gasteiger partial charge in [-0.3, -0.25) is 0 Å². The highest BCUT2D eigenvalue weighted by Crippen LogP contribution is 2.15. The maximum absolute atomic E-state index is 4.25. The second-order valence-corrected chi connectivity index (χ2v) is 3.65. The summed E-state index contributed by atoms with van der Waals surface area (Å²) in [5, 5.41) is 8.42. The fraction of sp³-hybridized carbons (Fsp3) is 0.600. The molecule has 1 aliphatic heterocycles. The molecule has 0 radical (unpaired) electrons. The normalized spacial score (nSPS) is 17.1. The highest BCUT2D eigenvalue weighted by Gasteiger charge is 2.14. The minimum atomic E-state index is 0.951. The van der Waals surface area contributed by atoms with E-state index in [1.165, 1.54) is 5.56 Å². The summed E-state index contributed by atoms with van der Waals surface area (Å²) in [4.78, 5) is 2.28. The lowest BCUT2D eigenvalue weighted by Crippen LogP contribution is -2.27. The van der Waals surface area contributed by atoms with E-state index in [-0.39, 0.29) is 0 Å². The largest absolute Gasteiger partial charge is 0.300 e. The predicted octanol–water partition coefficient (Wildman–Crippen LogP) is 1.03. The zero-order valence-corrected chi connectivity index (χ0v) is 8.25. The third kappa shape index (κ3) is 1.70. The predicted molar refractivity (Wildman–Crippen MR) is 51.4 cm³/mol. The van der Waals surface area contributed by atoms with Gasteiger partial charge in [0.15, 0.2) is 0 Å². The summed E-state index contributed by atoms with van der Waals surface area (Å²) >= 11 is 0. The van der Waals surface area contributed by atoms with Crippen molar-refractivity contribution >= 4 is 0 Å². The molecular formula is C10H15N3. The molecule has 0 amide bonds. The number of likely N-dealkylation sites (N-methyl/N-ethyl adjacent to an activating group) is 1. The zero-order chi connectivity index (χ0) is 9.26. The molecule has 0 spiro atoms. The molecule has 0 N–H and O–H groups in total. The molecule has 0 unspecified atom stereocenters. The van der Waals surface area contributed by atoms with Crippen molar-refractivity contribution in [2.75, 3.05) is 13.6 Å². The van der Waals surface area contributed by atoms with Crippen LogP contribution < -0.4 is 0 Å². The molecule has 2 rings (SSSR count). The van der Waals surface area contributed by atoms with Crippen LogP contribution in [0.4, 0.5) is 0 Å². The Hall–Kier alpha value is -0.960. The first kappa shape index (κ1) is 8.63. The second-order valence-electron chi connectivity index (χ2n) is 3.65. The topological polar surface area (TPSA) is 29.0 Å². The Balaban J connectivity index is 2.31. The van der Waals surface area contributed by atoms with Crippen molar-refractivity contribution in [1.29, 1.82) is 0 Å². The molecule has 0 saturated heterocycles. The molecule has 1 aliphatic rings. The first-order valence-corrected chi connectivity index (χ1v) is 4.82. The van der Waals surface area contributed by atoms with E-state index in [9.17, 15) is 0 Å². The van der Waals surface area contributed by atoms with Gasteiger partial charge in [-0.2, -0.15) is 10.2 Å². The third-order valence-corrected chi connectivity index (χ3v) is 2.56. The first-order valence-electron chi connectivity index (χ1n) is 4.82. The highest BCUT2D eigenvalue weighted by molar-refractivity contribution is 5.23. The van der Waals surface area contributed by atoms with Crippen LogP contribution in [0.3, 0.4) is 0 Å². The Morgan fingerprint density at radius 3 is 3.08 bits per heavy atom. The van der Waals surface area contributed by atoms with E-state index >= 15 is 0 Å². The minimum Gasteiger partial charge on any atom is -0.300 e. The monoisotopic (exact) mass is 177 g/mol. The average molecular weight is 177 g/mol. The molecule has 2 heterocycles. The van der Waals surface area contributed by atoms with Crippen molar-refractivity contribution < 1.29 is 0 Å². The molecular weight excluding hydrogens is 162 g/mol. The van der Waals surface area contributed by atoms with Crippen LogP contribution in [0.2, 0.25) is 0 Å². The van der Waals surface area contributed by atoms with Gasteiger partial charge in [-0.15, -0.1) is 0 Å². The van der Waals surface area contributed by atoms with Crippen molar-refractivity contribution in [1.82, 2.24) is 15.1 Å². The fourth-order valence-electron chi connectivity index (χ4n) is 1.67. The number of hydrogen-bond donors (Lipinski definition) is 0. The maximum Gasteiger partial charge on any atom is 0.0803 e. The van der Waals surface area contributed by atoms with Gasteiger partial charge in [-0.25, -0.2) is 0 Å². The molecule has 1 aromatic heterocycles. The van der Waals surface area contributed by atoms with Gasteiger partial charge in [0.1, 0.15) is 0 Å². The van der Waals surface area contributed by atoms with Crippen molar-refractivity contribution in [2.45, 2.75) is 26.3 Å². The number of hydrogen-bond acceptors (Lipinski definition) is 3. The summed E-state index contributed by atoms with van der Waals surface area (Å²) in [6.07, 6.45) is 2.10. The van der Waals surface area contributed by atoms with E-state index in [2.05, 4.69) is 35.1 Å². The zero-order valence-electron chi connectivity index (χ0n) is 8.25. The average Bonchev–Trinajstić information content (AvgIpc) is 2.17. The summed E-state index contributed by atoms with van der Waals surface area (Å²) in [5.74, 6) is 0. The molecule has 0 saturated carbocycles. The van der Waals surface area contributed by atoms with Gasteiger partial charge in [-0.1, -0.05) is 6.92 Å². The Kier molecular flexibility index (Phi) is 2.27. The molecule has 3 heteroatoms. The van der Waals surface area contributed by atoms with Crippen LogP contribution in [0.25, 0.3) is 0 Å². The summed E-state index contributed by atoms with van der Waals surface area (Å²) in [6, 6.07) is 2.20. The van der Waals surface area contributed by atoms with Crippen LogP contribution in [-0.2, 0) is 19.4 Å². The van der Waals surface area contributed by atoms with Gasteiger partial charge in [0, 0.05) is 13.1 Å². The van der Waals surface area contributed by atoms with E-state index < -0.39 is 0 Å². The van der Waals surface area contributed by atoms with Crippen LogP contribution in [-0.4, -0.2) is 28.7 Å². The Morgan fingerprint density at radius 2 is 2.31 bits per heavy atom. The summed E-state index contributed by atoms with van der Waals surface area (Å²) < 4.78 is 0. The highest BCUT2D eigenvalue weighted by atomic mass is 15.2. The van der Waals surface area contributed by atoms with Gasteiger partial charge >= 0.3 is 0 Å². The number of rotatable bonds is 1. The molecule has 70 valence electrons. The molecule has 0 bridgehead atoms. The Bertz CT molecular complexity index is 309. The number of nitrogens with zero attached hydrogens (tertiary/aromatic N) is 3. The van der Waals surface area contributed by atoms with E-state index in [0.29, 0.717) is 0 Å². The summed E-state index contributed by atoms with van der Waals surface area (Å²) in [5.41, 5.74) is 3.67.